The monoisotopic (exact) mass is 463 g/mol. The van der Waals surface area contributed by atoms with Crippen molar-refractivity contribution in [2.75, 3.05) is 19.4 Å². The predicted molar refractivity (Wildman–Crippen MR) is 102 cm³/mol. The summed E-state index contributed by atoms with van der Waals surface area (Å²) in [6, 6.07) is 1.38. The first-order chi connectivity index (χ1) is 14.3. The Balaban J connectivity index is 2.83. The number of nitrogens with one attached hydrogen (secondary N) is 1. The van der Waals surface area contributed by atoms with Crippen molar-refractivity contribution in [2.45, 2.75) is 37.3 Å². The molecule has 1 aromatic carbocycles. The minimum absolute atomic E-state index is 0.0590. The third kappa shape index (κ3) is 5.06. The van der Waals surface area contributed by atoms with E-state index in [-0.39, 0.29) is 19.3 Å². The van der Waals surface area contributed by atoms with Gasteiger partial charge in [-0.3, -0.25) is 14.4 Å². The molecule has 0 saturated heterocycles. The predicted octanol–water partition coefficient (Wildman–Crippen LogP) is 2.37. The minimum Gasteiger partial charge on any atom is -0.511 e. The largest absolute Gasteiger partial charge is 0.511 e. The molecule has 12 heteroatoms. The molecule has 0 aromatic heterocycles. The van der Waals surface area contributed by atoms with Crippen LogP contribution >= 0.6 is 0 Å². The fraction of sp³-hybridized carbons (Fsp3) is 0.421. The number of alkyl halides is 3. The van der Waals surface area contributed by atoms with Crippen molar-refractivity contribution in [3.05, 3.63) is 34.6 Å². The van der Waals surface area contributed by atoms with Crippen molar-refractivity contribution in [2.24, 2.45) is 0 Å². The van der Waals surface area contributed by atoms with Gasteiger partial charge in [-0.2, -0.15) is 13.2 Å². The highest BCUT2D eigenvalue weighted by Crippen LogP contribution is 2.43. The molecule has 0 aliphatic heterocycles. The van der Waals surface area contributed by atoms with E-state index in [4.69, 9.17) is 4.74 Å². The number of hydrogen-bond donors (Lipinski definition) is 2. The number of hydrogen-bond acceptors (Lipinski definition) is 7. The fourth-order valence-corrected chi connectivity index (χ4v) is 4.04. The van der Waals surface area contributed by atoms with E-state index in [0.717, 1.165) is 6.07 Å². The highest BCUT2D eigenvalue weighted by molar-refractivity contribution is 7.91. The van der Waals surface area contributed by atoms with E-state index in [1.165, 1.54) is 14.0 Å². The maximum Gasteiger partial charge on any atom is 0.420 e. The maximum absolute atomic E-state index is 14.0. The average Bonchev–Trinajstić information content (AvgIpc) is 2.70. The van der Waals surface area contributed by atoms with Crippen molar-refractivity contribution < 1.29 is 45.8 Å². The SMILES string of the molecule is CCS(=O)(=O)c1ccc(C(=O)C2=C(O)CCCC2=O)c(C(F)(F)F)c1OCC(=O)NC. The Morgan fingerprint density at radius 1 is 1.23 bits per heavy atom. The molecule has 0 heterocycles. The molecule has 0 saturated carbocycles. The second-order valence-corrected chi connectivity index (χ2v) is 8.85. The van der Waals surface area contributed by atoms with Gasteiger partial charge < -0.3 is 15.2 Å². The van der Waals surface area contributed by atoms with Gasteiger partial charge in [0.25, 0.3) is 5.91 Å². The molecule has 0 radical (unpaired) electrons. The first-order valence-corrected chi connectivity index (χ1v) is 10.8. The summed E-state index contributed by atoms with van der Waals surface area (Å²) in [5, 5.41) is 12.1. The third-order valence-corrected chi connectivity index (χ3v) is 6.35. The van der Waals surface area contributed by atoms with Gasteiger partial charge in [0.1, 0.15) is 21.8 Å². The summed E-state index contributed by atoms with van der Waals surface area (Å²) in [5.41, 5.74) is -3.58. The number of ketones is 2. The van der Waals surface area contributed by atoms with E-state index >= 15 is 0 Å². The van der Waals surface area contributed by atoms with Crippen LogP contribution in [0.5, 0.6) is 5.75 Å². The van der Waals surface area contributed by atoms with E-state index in [9.17, 15) is 41.1 Å². The van der Waals surface area contributed by atoms with Crippen LogP contribution in [0.1, 0.15) is 42.1 Å². The van der Waals surface area contributed by atoms with Crippen molar-refractivity contribution >= 4 is 27.3 Å². The number of likely N-dealkylation sites (N-methyl/N-ethyl adjacent to an activating group) is 1. The molecule has 2 N–H and O–H groups in total. The third-order valence-electron chi connectivity index (χ3n) is 4.60. The number of aliphatic hydroxyl groups is 1. The number of carbonyl (C=O) groups is 3. The standard InChI is InChI=1S/C19H20F3NO7S/c1-3-31(28,29)13-8-7-10(17(27)15-11(24)5-4-6-12(15)25)16(19(20,21)22)18(13)30-9-14(26)23-2/h7-8,24H,3-6,9H2,1-2H3,(H,23,26). The summed E-state index contributed by atoms with van der Waals surface area (Å²) < 4.78 is 71.7. The second kappa shape index (κ2) is 9.08. The van der Waals surface area contributed by atoms with E-state index in [1.54, 1.807) is 0 Å². The number of halogens is 3. The molecular weight excluding hydrogens is 443 g/mol. The molecule has 0 atom stereocenters. The van der Waals surface area contributed by atoms with Gasteiger partial charge in [0.05, 0.1) is 5.75 Å². The lowest BCUT2D eigenvalue weighted by Gasteiger charge is -2.21. The number of amides is 1. The Labute approximate surface area is 176 Å². The lowest BCUT2D eigenvalue weighted by atomic mass is 9.88. The van der Waals surface area contributed by atoms with Gasteiger partial charge in [0.2, 0.25) is 5.78 Å². The van der Waals surface area contributed by atoms with Crippen LogP contribution in [0.25, 0.3) is 0 Å². The zero-order chi connectivity index (χ0) is 23.6. The number of ether oxygens (including phenoxy) is 1. The number of carbonyl (C=O) groups excluding carboxylic acids is 3. The van der Waals surface area contributed by atoms with Crippen LogP contribution in [0.4, 0.5) is 13.2 Å². The topological polar surface area (TPSA) is 127 Å². The van der Waals surface area contributed by atoms with E-state index < -0.39 is 79.0 Å². The number of sulfone groups is 1. The van der Waals surface area contributed by atoms with Crippen molar-refractivity contribution in [1.29, 1.82) is 0 Å². The summed E-state index contributed by atoms with van der Waals surface area (Å²) in [5.74, 6) is -5.48. The number of allylic oxidation sites excluding steroid dienone is 2. The summed E-state index contributed by atoms with van der Waals surface area (Å²) in [6.07, 6.45) is -5.23. The van der Waals surface area contributed by atoms with Gasteiger partial charge in [-0.1, -0.05) is 6.92 Å². The number of benzene rings is 1. The van der Waals surface area contributed by atoms with E-state index in [2.05, 4.69) is 5.32 Å². The van der Waals surface area contributed by atoms with E-state index in [1.807, 2.05) is 0 Å². The smallest absolute Gasteiger partial charge is 0.420 e. The van der Waals surface area contributed by atoms with Gasteiger partial charge in [0.15, 0.2) is 28.0 Å². The molecule has 0 unspecified atom stereocenters. The molecule has 0 spiro atoms. The molecule has 31 heavy (non-hydrogen) atoms. The van der Waals surface area contributed by atoms with Gasteiger partial charge >= 0.3 is 6.18 Å². The summed E-state index contributed by atoms with van der Waals surface area (Å²) in [6.45, 7) is 0.254. The molecule has 2 rings (SSSR count). The zero-order valence-corrected chi connectivity index (χ0v) is 17.4. The van der Waals surface area contributed by atoms with Crippen LogP contribution in [-0.2, 0) is 25.6 Å². The van der Waals surface area contributed by atoms with Gasteiger partial charge in [0, 0.05) is 25.5 Å². The molecule has 170 valence electrons. The minimum atomic E-state index is -5.28. The lowest BCUT2D eigenvalue weighted by Crippen LogP contribution is -2.27. The maximum atomic E-state index is 14.0. The summed E-state index contributed by atoms with van der Waals surface area (Å²) in [7, 11) is -3.05. The normalized spacial score (nSPS) is 15.1. The Bertz CT molecular complexity index is 1060. The molecule has 1 aliphatic rings. The van der Waals surface area contributed by atoms with E-state index in [0.29, 0.717) is 6.07 Å². The second-order valence-electron chi connectivity index (χ2n) is 6.61. The summed E-state index contributed by atoms with van der Waals surface area (Å²) >= 11 is 0. The number of aliphatic hydroxyl groups excluding tert-OH is 1. The van der Waals surface area contributed by atoms with Gasteiger partial charge in [-0.15, -0.1) is 0 Å². The van der Waals surface area contributed by atoms with Crippen LogP contribution < -0.4 is 10.1 Å². The first-order valence-electron chi connectivity index (χ1n) is 9.15. The van der Waals surface area contributed by atoms with Crippen LogP contribution in [-0.4, -0.2) is 50.4 Å². The van der Waals surface area contributed by atoms with Crippen LogP contribution in [0, 0.1) is 0 Å². The van der Waals surface area contributed by atoms with Gasteiger partial charge in [-0.25, -0.2) is 8.42 Å². The highest BCUT2D eigenvalue weighted by Gasteiger charge is 2.43. The van der Waals surface area contributed by atoms with Crippen molar-refractivity contribution in [1.82, 2.24) is 5.32 Å². The Kier molecular flexibility index (Phi) is 7.14. The fourth-order valence-electron chi connectivity index (χ4n) is 3.01. The molecule has 1 aliphatic carbocycles. The van der Waals surface area contributed by atoms with Crippen LogP contribution in [0.2, 0.25) is 0 Å². The summed E-state index contributed by atoms with van der Waals surface area (Å²) in [4.78, 5) is 35.6. The quantitative estimate of drug-likeness (QED) is 0.470. The zero-order valence-electron chi connectivity index (χ0n) is 16.6. The molecule has 0 fully saturated rings. The van der Waals surface area contributed by atoms with Gasteiger partial charge in [-0.05, 0) is 18.6 Å². The molecule has 0 bridgehead atoms. The molecule has 1 aromatic rings. The van der Waals surface area contributed by atoms with Crippen molar-refractivity contribution in [3.63, 3.8) is 0 Å². The number of Topliss-reactive ketones (excluding diaryl/α,β-unsaturated/α-hetero) is 2. The van der Waals surface area contributed by atoms with Crippen molar-refractivity contribution in [3.8, 4) is 5.75 Å². The lowest BCUT2D eigenvalue weighted by molar-refractivity contribution is -0.140. The first kappa shape index (κ1) is 24.4. The average molecular weight is 463 g/mol. The molecular formula is C19H20F3NO7S. The Hall–Kier alpha value is -2.89. The number of rotatable bonds is 7. The molecule has 8 nitrogen and oxygen atoms in total. The molecule has 1 amide bonds. The van der Waals surface area contributed by atoms with Crippen LogP contribution in [0.15, 0.2) is 28.4 Å². The Morgan fingerprint density at radius 2 is 1.87 bits per heavy atom. The highest BCUT2D eigenvalue weighted by atomic mass is 32.2. The Morgan fingerprint density at radius 3 is 2.39 bits per heavy atom. The van der Waals surface area contributed by atoms with Crippen LogP contribution in [0.3, 0.4) is 0 Å².